The summed E-state index contributed by atoms with van der Waals surface area (Å²) in [5.74, 6) is 0.331. The summed E-state index contributed by atoms with van der Waals surface area (Å²) >= 11 is 0.921. The van der Waals surface area contributed by atoms with Crippen LogP contribution in [0, 0.1) is 0 Å². The third kappa shape index (κ3) is 5.73. The van der Waals surface area contributed by atoms with Crippen LogP contribution in [0.2, 0.25) is 0 Å². The van der Waals surface area contributed by atoms with E-state index in [0.717, 1.165) is 28.6 Å². The average molecular weight is 425 g/mol. The van der Waals surface area contributed by atoms with E-state index in [1.807, 2.05) is 61.5 Å². The van der Waals surface area contributed by atoms with Crippen molar-refractivity contribution in [2.45, 2.75) is 19.8 Å². The van der Waals surface area contributed by atoms with Gasteiger partial charge in [0, 0.05) is 19.5 Å². The molecule has 0 unspecified atom stereocenters. The number of hydrogen-bond donors (Lipinski definition) is 1. The van der Waals surface area contributed by atoms with E-state index in [4.69, 9.17) is 4.74 Å². The van der Waals surface area contributed by atoms with Gasteiger partial charge in [-0.2, -0.15) is 0 Å². The third-order valence-electron chi connectivity index (χ3n) is 4.52. The van der Waals surface area contributed by atoms with Gasteiger partial charge in [0.05, 0.1) is 11.5 Å². The fourth-order valence-corrected chi connectivity index (χ4v) is 3.91. The van der Waals surface area contributed by atoms with Crippen molar-refractivity contribution in [3.63, 3.8) is 0 Å². The number of amides is 3. The van der Waals surface area contributed by atoms with Crippen molar-refractivity contribution < 1.29 is 19.1 Å². The summed E-state index contributed by atoms with van der Waals surface area (Å²) in [6, 6.07) is 17.0. The van der Waals surface area contributed by atoms with Crippen LogP contribution < -0.4 is 10.1 Å². The molecular weight excluding hydrogens is 400 g/mol. The largest absolute Gasteiger partial charge is 0.494 e. The summed E-state index contributed by atoms with van der Waals surface area (Å²) < 4.78 is 5.57. The molecule has 156 valence electrons. The van der Waals surface area contributed by atoms with Gasteiger partial charge in [0.25, 0.3) is 11.1 Å². The number of thioether (sulfide) groups is 1. The van der Waals surface area contributed by atoms with E-state index in [0.29, 0.717) is 24.4 Å². The maximum absolute atomic E-state index is 12.5. The molecule has 0 aromatic heterocycles. The van der Waals surface area contributed by atoms with Crippen LogP contribution in [0.4, 0.5) is 4.79 Å². The minimum atomic E-state index is -0.325. The lowest BCUT2D eigenvalue weighted by Gasteiger charge is -2.13. The summed E-state index contributed by atoms with van der Waals surface area (Å²) in [6.07, 6.45) is 2.57. The zero-order valence-electron chi connectivity index (χ0n) is 16.8. The highest BCUT2D eigenvalue weighted by atomic mass is 32.2. The minimum Gasteiger partial charge on any atom is -0.494 e. The molecule has 0 radical (unpaired) electrons. The highest BCUT2D eigenvalue weighted by molar-refractivity contribution is 8.18. The number of ether oxygens (including phenoxy) is 1. The number of nitrogens with one attached hydrogen (secondary N) is 1. The fourth-order valence-electron chi connectivity index (χ4n) is 3.04. The Morgan fingerprint density at radius 3 is 2.60 bits per heavy atom. The number of hydrogen-bond acceptors (Lipinski definition) is 5. The Bertz CT molecular complexity index is 943. The van der Waals surface area contributed by atoms with Gasteiger partial charge in [0.1, 0.15) is 5.75 Å². The van der Waals surface area contributed by atoms with Crippen molar-refractivity contribution in [1.82, 2.24) is 10.2 Å². The topological polar surface area (TPSA) is 75.7 Å². The van der Waals surface area contributed by atoms with E-state index in [1.165, 1.54) is 4.90 Å². The van der Waals surface area contributed by atoms with Crippen LogP contribution in [0.1, 0.15) is 24.5 Å². The minimum absolute atomic E-state index is 0.131. The van der Waals surface area contributed by atoms with E-state index in [1.54, 1.807) is 6.08 Å². The molecule has 6 nitrogen and oxygen atoms in total. The maximum atomic E-state index is 12.5. The second kappa shape index (κ2) is 10.6. The van der Waals surface area contributed by atoms with Crippen LogP contribution in [0.5, 0.6) is 5.75 Å². The van der Waals surface area contributed by atoms with Crippen LogP contribution >= 0.6 is 11.8 Å². The van der Waals surface area contributed by atoms with Gasteiger partial charge in [-0.05, 0) is 48.4 Å². The molecule has 0 saturated carbocycles. The van der Waals surface area contributed by atoms with Gasteiger partial charge in [-0.1, -0.05) is 48.5 Å². The molecular formula is C23H24N2O4S. The number of aryl methyl sites for hydroxylation is 1. The third-order valence-corrected chi connectivity index (χ3v) is 5.43. The Morgan fingerprint density at radius 2 is 1.83 bits per heavy atom. The molecule has 0 spiro atoms. The number of rotatable bonds is 9. The van der Waals surface area contributed by atoms with E-state index in [9.17, 15) is 14.4 Å². The monoisotopic (exact) mass is 424 g/mol. The molecule has 30 heavy (non-hydrogen) atoms. The summed E-state index contributed by atoms with van der Waals surface area (Å²) in [4.78, 5) is 38.4. The zero-order chi connectivity index (χ0) is 21.3. The molecule has 2 aromatic rings. The number of benzene rings is 2. The highest BCUT2D eigenvalue weighted by Gasteiger charge is 2.34. The van der Waals surface area contributed by atoms with Gasteiger partial charge in [-0.25, -0.2) is 0 Å². The van der Waals surface area contributed by atoms with Gasteiger partial charge in [-0.15, -0.1) is 0 Å². The first-order chi connectivity index (χ1) is 14.6. The quantitative estimate of drug-likeness (QED) is 0.619. The number of imide groups is 1. The Kier molecular flexibility index (Phi) is 7.68. The molecule has 1 heterocycles. The van der Waals surface area contributed by atoms with Crippen LogP contribution in [0.25, 0.3) is 6.08 Å². The molecule has 0 atom stereocenters. The Balaban J connectivity index is 1.47. The van der Waals surface area contributed by atoms with Crippen LogP contribution in [0.3, 0.4) is 0 Å². The van der Waals surface area contributed by atoms with Crippen LogP contribution in [0.15, 0.2) is 59.5 Å². The van der Waals surface area contributed by atoms with Crippen molar-refractivity contribution in [3.05, 3.63) is 70.6 Å². The zero-order valence-corrected chi connectivity index (χ0v) is 17.6. The molecule has 2 aromatic carbocycles. The van der Waals surface area contributed by atoms with Crippen molar-refractivity contribution in [1.29, 1.82) is 0 Å². The molecule has 1 fully saturated rings. The summed E-state index contributed by atoms with van der Waals surface area (Å²) in [5.41, 5.74) is 1.84. The molecule has 0 bridgehead atoms. The van der Waals surface area contributed by atoms with Crippen molar-refractivity contribution in [2.24, 2.45) is 0 Å². The standard InChI is InChI=1S/C23H24N2O4S/c1-2-29-19-11-7-6-10-18(19)12-13-21(26)24-14-15-25-22(27)20(30-23(25)28)16-17-8-4-3-5-9-17/h3-11,16H,2,12-15H2,1H3,(H,24,26)/b20-16-. The van der Waals surface area contributed by atoms with Crippen LogP contribution in [-0.4, -0.2) is 41.6 Å². The smallest absolute Gasteiger partial charge is 0.293 e. The van der Waals surface area contributed by atoms with Crippen molar-refractivity contribution in [3.8, 4) is 5.75 Å². The van der Waals surface area contributed by atoms with Gasteiger partial charge < -0.3 is 10.1 Å². The molecule has 1 aliphatic rings. The molecule has 1 saturated heterocycles. The fraction of sp³-hybridized carbons (Fsp3) is 0.261. The van der Waals surface area contributed by atoms with E-state index >= 15 is 0 Å². The van der Waals surface area contributed by atoms with Crippen LogP contribution in [-0.2, 0) is 16.0 Å². The Labute approximate surface area is 180 Å². The van der Waals surface area contributed by atoms with Gasteiger partial charge in [-0.3, -0.25) is 19.3 Å². The van der Waals surface area contributed by atoms with Crippen molar-refractivity contribution >= 4 is 34.9 Å². The summed E-state index contributed by atoms with van der Waals surface area (Å²) in [5, 5.41) is 2.46. The average Bonchev–Trinajstić information content (AvgIpc) is 3.01. The Hall–Kier alpha value is -3.06. The van der Waals surface area contributed by atoms with Gasteiger partial charge >= 0.3 is 0 Å². The predicted octanol–water partition coefficient (Wildman–Crippen LogP) is 3.87. The normalized spacial score (nSPS) is 15.0. The molecule has 1 N–H and O–H groups in total. The second-order valence-electron chi connectivity index (χ2n) is 6.63. The van der Waals surface area contributed by atoms with E-state index in [2.05, 4.69) is 5.32 Å². The molecule has 7 heteroatoms. The molecule has 3 rings (SSSR count). The number of carbonyl (C=O) groups excluding carboxylic acids is 3. The first kappa shape index (κ1) is 21.6. The second-order valence-corrected chi connectivity index (χ2v) is 7.63. The molecule has 3 amide bonds. The lowest BCUT2D eigenvalue weighted by Crippen LogP contribution is -2.37. The number of para-hydroxylation sites is 1. The van der Waals surface area contributed by atoms with Gasteiger partial charge in [0.2, 0.25) is 5.91 Å². The highest BCUT2D eigenvalue weighted by Crippen LogP contribution is 2.31. The number of carbonyl (C=O) groups is 3. The molecule has 1 aliphatic heterocycles. The summed E-state index contributed by atoms with van der Waals surface area (Å²) in [7, 11) is 0. The first-order valence-electron chi connectivity index (χ1n) is 9.86. The van der Waals surface area contributed by atoms with Crippen molar-refractivity contribution in [2.75, 3.05) is 19.7 Å². The molecule has 0 aliphatic carbocycles. The SMILES string of the molecule is CCOc1ccccc1CCC(=O)NCCN1C(=O)S/C(=C\c2ccccc2)C1=O. The van der Waals surface area contributed by atoms with Gasteiger partial charge in [0.15, 0.2) is 0 Å². The maximum Gasteiger partial charge on any atom is 0.293 e. The number of nitrogens with zero attached hydrogens (tertiary/aromatic N) is 1. The first-order valence-corrected chi connectivity index (χ1v) is 10.7. The van der Waals surface area contributed by atoms with E-state index < -0.39 is 0 Å². The summed E-state index contributed by atoms with van der Waals surface area (Å²) in [6.45, 7) is 2.86. The Morgan fingerprint density at radius 1 is 1.10 bits per heavy atom. The van der Waals surface area contributed by atoms with E-state index in [-0.39, 0.29) is 30.1 Å². The lowest BCUT2D eigenvalue weighted by atomic mass is 10.1. The predicted molar refractivity (Wildman–Crippen MR) is 118 cm³/mol. The lowest BCUT2D eigenvalue weighted by molar-refractivity contribution is -0.124.